The lowest BCUT2D eigenvalue weighted by Gasteiger charge is -2.28. The van der Waals surface area contributed by atoms with Gasteiger partial charge in [0.15, 0.2) is 0 Å². The van der Waals surface area contributed by atoms with Crippen LogP contribution in [0.15, 0.2) is 53.1 Å². The van der Waals surface area contributed by atoms with Crippen LogP contribution in [-0.4, -0.2) is 13.1 Å². The van der Waals surface area contributed by atoms with Crippen molar-refractivity contribution < 1.29 is 23.4 Å². The number of nitrogens with two attached hydrogens (primary N) is 1. The van der Waals surface area contributed by atoms with Gasteiger partial charge in [-0.25, -0.2) is 9.18 Å². The molecule has 166 valence electrons. The van der Waals surface area contributed by atoms with E-state index in [-0.39, 0.29) is 34.4 Å². The van der Waals surface area contributed by atoms with Gasteiger partial charge in [-0.15, -0.1) is 0 Å². The fourth-order valence-corrected chi connectivity index (χ4v) is 3.92. The van der Waals surface area contributed by atoms with Crippen LogP contribution in [0.2, 0.25) is 5.02 Å². The van der Waals surface area contributed by atoms with E-state index in [0.717, 1.165) is 16.7 Å². The van der Waals surface area contributed by atoms with Crippen molar-refractivity contribution >= 4 is 17.6 Å². The molecule has 1 heterocycles. The van der Waals surface area contributed by atoms with Gasteiger partial charge >= 0.3 is 5.97 Å². The van der Waals surface area contributed by atoms with E-state index in [4.69, 9.17) is 31.5 Å². The topological polar surface area (TPSA) is 94.6 Å². The SMILES string of the molecule is COC(=O)C1=C(C)OC(N)=C(C#N)[C@@H]1c1cc(COc2ccc(F)cc2Cl)c(C)cc1C. The van der Waals surface area contributed by atoms with Gasteiger partial charge in [-0.1, -0.05) is 23.7 Å². The van der Waals surface area contributed by atoms with Crippen LogP contribution in [0.25, 0.3) is 0 Å². The molecule has 0 unspecified atom stereocenters. The molecule has 0 aliphatic carbocycles. The Morgan fingerprint density at radius 1 is 1.25 bits per heavy atom. The molecular formula is C24H22ClFN2O4. The van der Waals surface area contributed by atoms with E-state index in [0.29, 0.717) is 11.3 Å². The first-order valence-corrected chi connectivity index (χ1v) is 10.1. The summed E-state index contributed by atoms with van der Waals surface area (Å²) in [5.74, 6) is -1.26. The minimum Gasteiger partial charge on any atom is -0.487 e. The van der Waals surface area contributed by atoms with E-state index in [2.05, 4.69) is 6.07 Å². The minimum atomic E-state index is -0.755. The number of hydrogen-bond acceptors (Lipinski definition) is 6. The molecule has 32 heavy (non-hydrogen) atoms. The van der Waals surface area contributed by atoms with Crippen LogP contribution in [0.3, 0.4) is 0 Å². The molecule has 3 rings (SSSR count). The van der Waals surface area contributed by atoms with Crippen LogP contribution in [-0.2, 0) is 20.9 Å². The van der Waals surface area contributed by atoms with Crippen molar-refractivity contribution in [1.82, 2.24) is 0 Å². The molecule has 0 saturated carbocycles. The fourth-order valence-electron chi connectivity index (χ4n) is 3.70. The summed E-state index contributed by atoms with van der Waals surface area (Å²) in [4.78, 5) is 12.6. The van der Waals surface area contributed by atoms with Crippen LogP contribution in [0.5, 0.6) is 5.75 Å². The Morgan fingerprint density at radius 3 is 2.59 bits per heavy atom. The molecule has 2 N–H and O–H groups in total. The highest BCUT2D eigenvalue weighted by atomic mass is 35.5. The van der Waals surface area contributed by atoms with Crippen molar-refractivity contribution in [3.63, 3.8) is 0 Å². The average molecular weight is 457 g/mol. The number of esters is 1. The normalized spacial score (nSPS) is 15.8. The predicted octanol–water partition coefficient (Wildman–Crippen LogP) is 4.93. The number of ether oxygens (including phenoxy) is 3. The molecule has 6 nitrogen and oxygen atoms in total. The fraction of sp³-hybridized carbons (Fsp3) is 0.250. The monoisotopic (exact) mass is 456 g/mol. The summed E-state index contributed by atoms with van der Waals surface area (Å²) in [5, 5.41) is 9.92. The maximum Gasteiger partial charge on any atom is 0.338 e. The molecule has 1 aliphatic rings. The Morgan fingerprint density at radius 2 is 1.97 bits per heavy atom. The zero-order valence-corrected chi connectivity index (χ0v) is 18.8. The van der Waals surface area contributed by atoms with Crippen molar-refractivity contribution in [2.75, 3.05) is 7.11 Å². The number of nitriles is 1. The van der Waals surface area contributed by atoms with Gasteiger partial charge < -0.3 is 19.9 Å². The second-order valence-corrected chi connectivity index (χ2v) is 7.79. The molecule has 0 saturated heterocycles. The minimum absolute atomic E-state index is 0.0569. The Labute approximate surface area is 190 Å². The summed E-state index contributed by atoms with van der Waals surface area (Å²) >= 11 is 6.06. The number of hydrogen-bond donors (Lipinski definition) is 1. The van der Waals surface area contributed by atoms with Crippen molar-refractivity contribution in [3.05, 3.63) is 86.2 Å². The Balaban J connectivity index is 2.07. The van der Waals surface area contributed by atoms with Crippen LogP contribution in [0.1, 0.15) is 35.1 Å². The van der Waals surface area contributed by atoms with E-state index < -0.39 is 17.7 Å². The molecule has 0 aromatic heterocycles. The summed E-state index contributed by atoms with van der Waals surface area (Å²) in [5.41, 5.74) is 9.59. The summed E-state index contributed by atoms with van der Waals surface area (Å²) in [6.07, 6.45) is 0. The van der Waals surface area contributed by atoms with Crippen molar-refractivity contribution in [3.8, 4) is 11.8 Å². The van der Waals surface area contributed by atoms with Gasteiger partial charge in [-0.3, -0.25) is 0 Å². The van der Waals surface area contributed by atoms with Gasteiger partial charge in [0, 0.05) is 0 Å². The van der Waals surface area contributed by atoms with E-state index in [9.17, 15) is 14.4 Å². The summed E-state index contributed by atoms with van der Waals surface area (Å²) in [6, 6.07) is 9.76. The third-order valence-corrected chi connectivity index (χ3v) is 5.62. The first-order valence-electron chi connectivity index (χ1n) is 9.72. The molecule has 0 fully saturated rings. The maximum atomic E-state index is 13.3. The summed E-state index contributed by atoms with van der Waals surface area (Å²) < 4.78 is 29.5. The molecular weight excluding hydrogens is 435 g/mol. The standard InChI is InChI=1S/C24H22ClFN2O4/c1-12-7-13(2)17(8-15(12)11-31-20-6-5-16(26)9-19(20)25)22-18(10-27)23(28)32-14(3)21(22)24(29)30-4/h5-9,22H,11,28H2,1-4H3/t22-/m0/s1. The lowest BCUT2D eigenvalue weighted by atomic mass is 9.80. The van der Waals surface area contributed by atoms with Crippen LogP contribution in [0.4, 0.5) is 4.39 Å². The molecule has 2 aromatic rings. The second kappa shape index (κ2) is 9.33. The Kier molecular flexibility index (Phi) is 6.75. The zero-order chi connectivity index (χ0) is 23.6. The zero-order valence-electron chi connectivity index (χ0n) is 18.1. The first-order chi connectivity index (χ1) is 15.2. The lowest BCUT2D eigenvalue weighted by Crippen LogP contribution is -2.25. The number of halogens is 2. The molecule has 1 atom stereocenters. The number of nitrogens with zero attached hydrogens (tertiary/aromatic N) is 1. The Bertz CT molecular complexity index is 1200. The molecule has 0 amide bonds. The molecule has 0 bridgehead atoms. The van der Waals surface area contributed by atoms with E-state index in [1.807, 2.05) is 26.0 Å². The van der Waals surface area contributed by atoms with Crippen LogP contribution >= 0.6 is 11.6 Å². The second-order valence-electron chi connectivity index (χ2n) is 7.38. The molecule has 2 aromatic carbocycles. The Hall–Kier alpha value is -3.50. The highest BCUT2D eigenvalue weighted by Crippen LogP contribution is 2.41. The molecule has 0 radical (unpaired) electrons. The van der Waals surface area contributed by atoms with Gasteiger partial charge in [0.05, 0.1) is 23.6 Å². The predicted molar refractivity (Wildman–Crippen MR) is 117 cm³/mol. The number of allylic oxidation sites excluding steroid dienone is 2. The van der Waals surface area contributed by atoms with Crippen LogP contribution in [0, 0.1) is 31.0 Å². The van der Waals surface area contributed by atoms with Gasteiger partial charge in [0.2, 0.25) is 5.88 Å². The highest BCUT2D eigenvalue weighted by molar-refractivity contribution is 6.32. The largest absolute Gasteiger partial charge is 0.487 e. The van der Waals surface area contributed by atoms with E-state index in [1.165, 1.54) is 25.3 Å². The van der Waals surface area contributed by atoms with E-state index in [1.54, 1.807) is 6.92 Å². The van der Waals surface area contributed by atoms with Gasteiger partial charge in [-0.2, -0.15) is 5.26 Å². The number of carbonyl (C=O) groups is 1. The van der Waals surface area contributed by atoms with Crippen molar-refractivity contribution in [1.29, 1.82) is 5.26 Å². The van der Waals surface area contributed by atoms with E-state index >= 15 is 0 Å². The van der Waals surface area contributed by atoms with Crippen molar-refractivity contribution in [2.24, 2.45) is 5.73 Å². The summed E-state index contributed by atoms with van der Waals surface area (Å²) in [7, 11) is 1.26. The smallest absolute Gasteiger partial charge is 0.338 e. The molecule has 0 spiro atoms. The van der Waals surface area contributed by atoms with Gasteiger partial charge in [0.1, 0.15) is 35.6 Å². The number of aryl methyl sites for hydroxylation is 2. The lowest BCUT2D eigenvalue weighted by molar-refractivity contribution is -0.136. The van der Waals surface area contributed by atoms with Gasteiger partial charge in [-0.05, 0) is 61.2 Å². The van der Waals surface area contributed by atoms with Crippen LogP contribution < -0.4 is 10.5 Å². The number of rotatable bonds is 5. The van der Waals surface area contributed by atoms with Crippen molar-refractivity contribution in [2.45, 2.75) is 33.3 Å². The molecule has 1 aliphatic heterocycles. The van der Waals surface area contributed by atoms with Gasteiger partial charge in [0.25, 0.3) is 0 Å². The maximum absolute atomic E-state index is 13.3. The average Bonchev–Trinajstić information content (AvgIpc) is 2.73. The third-order valence-electron chi connectivity index (χ3n) is 5.32. The first kappa shape index (κ1) is 23.2. The third kappa shape index (κ3) is 4.41. The number of carbonyl (C=O) groups excluding carboxylic acids is 1. The highest BCUT2D eigenvalue weighted by Gasteiger charge is 2.37. The summed E-state index contributed by atoms with van der Waals surface area (Å²) in [6.45, 7) is 5.55. The number of benzene rings is 2. The molecule has 8 heteroatoms. The number of methoxy groups -OCH3 is 1. The quantitative estimate of drug-likeness (QED) is 0.641.